The van der Waals surface area contributed by atoms with Crippen LogP contribution in [0.15, 0.2) is 23.8 Å². The van der Waals surface area contributed by atoms with E-state index in [0.717, 1.165) is 18.0 Å². The van der Waals surface area contributed by atoms with Gasteiger partial charge in [0.2, 0.25) is 0 Å². The van der Waals surface area contributed by atoms with Crippen LogP contribution in [0.5, 0.6) is 0 Å². The van der Waals surface area contributed by atoms with Crippen LogP contribution in [-0.2, 0) is 0 Å². The number of nitrogens with zero attached hydrogens (tertiary/aromatic N) is 1. The highest BCUT2D eigenvalue weighted by atomic mass is 15.2. The molecule has 4 aliphatic rings. The molecule has 0 aromatic carbocycles. The summed E-state index contributed by atoms with van der Waals surface area (Å²) in [4.78, 5) is 2.71. The van der Waals surface area contributed by atoms with Gasteiger partial charge in [-0.2, -0.15) is 0 Å². The van der Waals surface area contributed by atoms with Crippen molar-refractivity contribution in [2.45, 2.75) is 76.3 Å². The van der Waals surface area contributed by atoms with Gasteiger partial charge in [0, 0.05) is 12.1 Å². The Labute approximate surface area is 137 Å². The molecule has 1 heterocycles. The van der Waals surface area contributed by atoms with Crippen molar-refractivity contribution in [2.75, 3.05) is 20.1 Å². The molecule has 0 aromatic rings. The molecule has 4 rings (SSSR count). The Morgan fingerprint density at radius 2 is 1.68 bits per heavy atom. The molecule has 1 saturated heterocycles. The summed E-state index contributed by atoms with van der Waals surface area (Å²) in [5.74, 6) is 0.960. The topological polar surface area (TPSA) is 15.3 Å². The summed E-state index contributed by atoms with van der Waals surface area (Å²) in [5.41, 5.74) is 1.61. The highest BCUT2D eigenvalue weighted by Crippen LogP contribution is 2.38. The standard InChI is InChI=1S/C11H22N2.C9H12/c1-12-10-4-6-11(7-5-10)13-8-2-3-9-13;1-2-4-8(5-3-1)9-6-7-9/h10-12H,2-9H2,1H3;2,4-5,9H,1,3,6-7H2. The molecule has 0 bridgehead atoms. The first-order valence-corrected chi connectivity index (χ1v) is 9.64. The first-order valence-electron chi connectivity index (χ1n) is 9.64. The maximum atomic E-state index is 3.40. The molecular formula is C20H34N2. The molecule has 2 nitrogen and oxygen atoms in total. The monoisotopic (exact) mass is 302 g/mol. The van der Waals surface area contributed by atoms with E-state index in [0.29, 0.717) is 0 Å². The Hall–Kier alpha value is -0.600. The largest absolute Gasteiger partial charge is 0.317 e. The Morgan fingerprint density at radius 3 is 2.23 bits per heavy atom. The molecule has 1 N–H and O–H groups in total. The van der Waals surface area contributed by atoms with Crippen LogP contribution in [0.3, 0.4) is 0 Å². The summed E-state index contributed by atoms with van der Waals surface area (Å²) < 4.78 is 0. The lowest BCUT2D eigenvalue weighted by Crippen LogP contribution is -2.40. The minimum absolute atomic E-state index is 0.804. The van der Waals surface area contributed by atoms with Gasteiger partial charge in [-0.25, -0.2) is 0 Å². The average Bonchev–Trinajstić information content (AvgIpc) is 3.31. The second kappa shape index (κ2) is 8.31. The van der Waals surface area contributed by atoms with E-state index in [2.05, 4.69) is 35.5 Å². The Morgan fingerprint density at radius 1 is 0.955 bits per heavy atom. The van der Waals surface area contributed by atoms with E-state index in [1.807, 2.05) is 0 Å². The molecule has 1 aliphatic heterocycles. The smallest absolute Gasteiger partial charge is 0.00964 e. The predicted molar refractivity (Wildman–Crippen MR) is 95.1 cm³/mol. The molecule has 3 aliphatic carbocycles. The lowest BCUT2D eigenvalue weighted by atomic mass is 9.90. The highest BCUT2D eigenvalue weighted by Gasteiger charge is 2.26. The molecule has 0 unspecified atom stereocenters. The van der Waals surface area contributed by atoms with Gasteiger partial charge in [-0.15, -0.1) is 0 Å². The van der Waals surface area contributed by atoms with Gasteiger partial charge < -0.3 is 10.2 Å². The van der Waals surface area contributed by atoms with Crippen molar-refractivity contribution in [3.8, 4) is 0 Å². The zero-order valence-electron chi connectivity index (χ0n) is 14.4. The van der Waals surface area contributed by atoms with E-state index < -0.39 is 0 Å². The second-order valence-electron chi connectivity index (χ2n) is 7.50. The van der Waals surface area contributed by atoms with Gasteiger partial charge in [0.1, 0.15) is 0 Å². The average molecular weight is 303 g/mol. The molecular weight excluding hydrogens is 268 g/mol. The van der Waals surface area contributed by atoms with Crippen LogP contribution in [-0.4, -0.2) is 37.1 Å². The normalized spacial score (nSPS) is 32.3. The summed E-state index contributed by atoms with van der Waals surface area (Å²) in [6.07, 6.45) is 20.9. The Kier molecular flexibility index (Phi) is 6.14. The summed E-state index contributed by atoms with van der Waals surface area (Å²) in [5, 5.41) is 3.40. The zero-order valence-corrected chi connectivity index (χ0v) is 14.4. The molecule has 0 atom stereocenters. The number of nitrogens with one attached hydrogen (secondary N) is 1. The molecule has 3 fully saturated rings. The van der Waals surface area contributed by atoms with Crippen LogP contribution in [0.25, 0.3) is 0 Å². The number of likely N-dealkylation sites (tertiary alicyclic amines) is 1. The van der Waals surface area contributed by atoms with Crippen LogP contribution < -0.4 is 5.32 Å². The van der Waals surface area contributed by atoms with Crippen molar-refractivity contribution in [1.29, 1.82) is 0 Å². The SMILES string of the molecule is C1=CC(C2CC2)=CCC1.CNC1CCC(N2CCCC2)CC1. The van der Waals surface area contributed by atoms with Crippen molar-refractivity contribution in [1.82, 2.24) is 10.2 Å². The van der Waals surface area contributed by atoms with Crippen molar-refractivity contribution in [3.05, 3.63) is 23.8 Å². The van der Waals surface area contributed by atoms with Gasteiger partial charge in [-0.05, 0) is 95.8 Å². The van der Waals surface area contributed by atoms with Crippen molar-refractivity contribution in [3.63, 3.8) is 0 Å². The first-order chi connectivity index (χ1) is 10.9. The fraction of sp³-hybridized carbons (Fsp3) is 0.800. The number of hydrogen-bond acceptors (Lipinski definition) is 2. The van der Waals surface area contributed by atoms with E-state index in [1.165, 1.54) is 77.3 Å². The van der Waals surface area contributed by atoms with Crippen LogP contribution in [0.4, 0.5) is 0 Å². The summed E-state index contributed by atoms with van der Waals surface area (Å²) in [6, 6.07) is 1.73. The number of rotatable bonds is 3. The second-order valence-corrected chi connectivity index (χ2v) is 7.50. The van der Waals surface area contributed by atoms with E-state index in [9.17, 15) is 0 Å². The van der Waals surface area contributed by atoms with Gasteiger partial charge in [-0.1, -0.05) is 18.2 Å². The lowest BCUT2D eigenvalue weighted by Gasteiger charge is -2.34. The van der Waals surface area contributed by atoms with Gasteiger partial charge >= 0.3 is 0 Å². The molecule has 2 heteroatoms. The van der Waals surface area contributed by atoms with Crippen molar-refractivity contribution in [2.24, 2.45) is 5.92 Å². The highest BCUT2D eigenvalue weighted by molar-refractivity contribution is 5.27. The Bertz CT molecular complexity index is 381. The minimum atomic E-state index is 0.804. The van der Waals surface area contributed by atoms with Crippen molar-refractivity contribution >= 4 is 0 Å². The minimum Gasteiger partial charge on any atom is -0.317 e. The number of allylic oxidation sites excluding steroid dienone is 4. The van der Waals surface area contributed by atoms with E-state index in [1.54, 1.807) is 5.57 Å². The summed E-state index contributed by atoms with van der Waals surface area (Å²) >= 11 is 0. The fourth-order valence-electron chi connectivity index (χ4n) is 4.19. The Balaban J connectivity index is 0.000000139. The molecule has 2 saturated carbocycles. The molecule has 0 aromatic heterocycles. The summed E-state index contributed by atoms with van der Waals surface area (Å²) in [6.45, 7) is 2.74. The third-order valence-corrected chi connectivity index (χ3v) is 5.83. The van der Waals surface area contributed by atoms with Gasteiger partial charge in [0.15, 0.2) is 0 Å². The number of hydrogen-bond donors (Lipinski definition) is 1. The van der Waals surface area contributed by atoms with E-state index in [4.69, 9.17) is 0 Å². The molecule has 22 heavy (non-hydrogen) atoms. The molecule has 124 valence electrons. The molecule has 0 spiro atoms. The van der Waals surface area contributed by atoms with Crippen LogP contribution in [0, 0.1) is 5.92 Å². The predicted octanol–water partition coefficient (Wildman–Crippen LogP) is 4.29. The van der Waals surface area contributed by atoms with E-state index >= 15 is 0 Å². The van der Waals surface area contributed by atoms with Crippen LogP contribution in [0.1, 0.15) is 64.2 Å². The van der Waals surface area contributed by atoms with Crippen LogP contribution in [0.2, 0.25) is 0 Å². The molecule has 0 radical (unpaired) electrons. The maximum absolute atomic E-state index is 3.40. The quantitative estimate of drug-likeness (QED) is 0.837. The molecule has 0 amide bonds. The van der Waals surface area contributed by atoms with Crippen molar-refractivity contribution < 1.29 is 0 Å². The van der Waals surface area contributed by atoms with Gasteiger partial charge in [-0.3, -0.25) is 0 Å². The maximum Gasteiger partial charge on any atom is 0.00964 e. The van der Waals surface area contributed by atoms with Gasteiger partial charge in [0.05, 0.1) is 0 Å². The zero-order chi connectivity index (χ0) is 15.2. The van der Waals surface area contributed by atoms with Crippen LogP contribution >= 0.6 is 0 Å². The third-order valence-electron chi connectivity index (χ3n) is 5.83. The third kappa shape index (κ3) is 4.70. The first kappa shape index (κ1) is 16.3. The lowest BCUT2D eigenvalue weighted by molar-refractivity contribution is 0.176. The van der Waals surface area contributed by atoms with Gasteiger partial charge in [0.25, 0.3) is 0 Å². The summed E-state index contributed by atoms with van der Waals surface area (Å²) in [7, 11) is 2.10. The van der Waals surface area contributed by atoms with E-state index in [-0.39, 0.29) is 0 Å². The fourth-order valence-corrected chi connectivity index (χ4v) is 4.19.